The molecule has 0 saturated carbocycles. The van der Waals surface area contributed by atoms with Crippen molar-refractivity contribution in [3.05, 3.63) is 46.3 Å². The number of nitrogens with one attached hydrogen (secondary N) is 1. The highest BCUT2D eigenvalue weighted by molar-refractivity contribution is 6.30. The van der Waals surface area contributed by atoms with Gasteiger partial charge in [0.05, 0.1) is 11.6 Å². The lowest BCUT2D eigenvalue weighted by Crippen LogP contribution is -2.18. The third-order valence-electron chi connectivity index (χ3n) is 2.96. The second-order valence-electron chi connectivity index (χ2n) is 4.43. The fourth-order valence-electron chi connectivity index (χ4n) is 2.02. The van der Waals surface area contributed by atoms with E-state index < -0.39 is 0 Å². The van der Waals surface area contributed by atoms with Crippen LogP contribution in [-0.4, -0.2) is 27.2 Å². The van der Waals surface area contributed by atoms with Crippen molar-refractivity contribution in [2.24, 2.45) is 0 Å². The number of hydrogen-bond donors (Lipinski definition) is 1. The average Bonchev–Trinajstić information content (AvgIpc) is 2.88. The van der Waals surface area contributed by atoms with Gasteiger partial charge in [0.15, 0.2) is 5.65 Å². The highest BCUT2D eigenvalue weighted by Crippen LogP contribution is 2.24. The standard InChI is InChI=1S/C13H11Cl2N5/c1-20(7-8-2-4-9(14)5-3-8)12-10-6-16-19-11(10)17-13(15)18-12/h2-6H,7H2,1H3,(H,16,17,18,19). The van der Waals surface area contributed by atoms with Gasteiger partial charge in [-0.3, -0.25) is 5.10 Å². The van der Waals surface area contributed by atoms with Gasteiger partial charge in [0.1, 0.15) is 5.82 Å². The summed E-state index contributed by atoms with van der Waals surface area (Å²) in [5, 5.41) is 8.53. The van der Waals surface area contributed by atoms with E-state index in [0.717, 1.165) is 21.8 Å². The molecule has 0 aliphatic rings. The minimum Gasteiger partial charge on any atom is -0.355 e. The van der Waals surface area contributed by atoms with Gasteiger partial charge in [-0.1, -0.05) is 23.7 Å². The third-order valence-corrected chi connectivity index (χ3v) is 3.38. The van der Waals surface area contributed by atoms with Crippen LogP contribution in [-0.2, 0) is 6.54 Å². The lowest BCUT2D eigenvalue weighted by molar-refractivity contribution is 0.900. The Kier molecular flexibility index (Phi) is 3.46. The zero-order chi connectivity index (χ0) is 14.1. The van der Waals surface area contributed by atoms with Gasteiger partial charge >= 0.3 is 0 Å². The van der Waals surface area contributed by atoms with Crippen molar-refractivity contribution in [2.45, 2.75) is 6.54 Å². The number of rotatable bonds is 3. The molecule has 0 saturated heterocycles. The first-order valence-electron chi connectivity index (χ1n) is 5.95. The van der Waals surface area contributed by atoms with E-state index in [-0.39, 0.29) is 5.28 Å². The van der Waals surface area contributed by atoms with Gasteiger partial charge in [-0.05, 0) is 29.3 Å². The van der Waals surface area contributed by atoms with E-state index >= 15 is 0 Å². The Hall–Kier alpha value is -1.85. The molecule has 0 aliphatic heterocycles. The first-order chi connectivity index (χ1) is 9.63. The topological polar surface area (TPSA) is 57.7 Å². The van der Waals surface area contributed by atoms with Crippen LogP contribution >= 0.6 is 23.2 Å². The summed E-state index contributed by atoms with van der Waals surface area (Å²) in [5.74, 6) is 0.740. The van der Waals surface area contributed by atoms with Crippen LogP contribution in [0.3, 0.4) is 0 Å². The van der Waals surface area contributed by atoms with E-state index in [0.29, 0.717) is 12.2 Å². The Morgan fingerprint density at radius 2 is 1.90 bits per heavy atom. The minimum absolute atomic E-state index is 0.194. The smallest absolute Gasteiger partial charge is 0.226 e. The maximum Gasteiger partial charge on any atom is 0.226 e. The summed E-state index contributed by atoms with van der Waals surface area (Å²) >= 11 is 11.8. The number of aromatic amines is 1. The number of fused-ring (bicyclic) bond motifs is 1. The molecule has 7 heteroatoms. The van der Waals surface area contributed by atoms with Crippen molar-refractivity contribution in [3.63, 3.8) is 0 Å². The molecule has 0 radical (unpaired) electrons. The molecule has 0 spiro atoms. The first kappa shape index (κ1) is 13.1. The molecule has 3 aromatic rings. The summed E-state index contributed by atoms with van der Waals surface area (Å²) in [6.45, 7) is 0.685. The fraction of sp³-hybridized carbons (Fsp3) is 0.154. The molecule has 1 N–H and O–H groups in total. The summed E-state index contributed by atoms with van der Waals surface area (Å²) in [4.78, 5) is 10.4. The van der Waals surface area contributed by atoms with Crippen molar-refractivity contribution in [2.75, 3.05) is 11.9 Å². The molecule has 0 unspecified atom stereocenters. The van der Waals surface area contributed by atoms with Crippen LogP contribution in [0.25, 0.3) is 11.0 Å². The number of aromatic nitrogens is 4. The molecule has 0 bridgehead atoms. The Bertz CT molecular complexity index is 738. The number of hydrogen-bond acceptors (Lipinski definition) is 4. The highest BCUT2D eigenvalue weighted by Gasteiger charge is 2.12. The number of nitrogens with zero attached hydrogens (tertiary/aromatic N) is 4. The molecule has 0 amide bonds. The second kappa shape index (κ2) is 5.26. The van der Waals surface area contributed by atoms with Crippen molar-refractivity contribution in [3.8, 4) is 0 Å². The van der Waals surface area contributed by atoms with E-state index in [9.17, 15) is 0 Å². The van der Waals surface area contributed by atoms with Gasteiger partial charge in [0.2, 0.25) is 5.28 Å². The van der Waals surface area contributed by atoms with Crippen LogP contribution in [0.5, 0.6) is 0 Å². The summed E-state index contributed by atoms with van der Waals surface area (Å²) in [7, 11) is 1.94. The van der Waals surface area contributed by atoms with Crippen molar-refractivity contribution in [1.29, 1.82) is 0 Å². The lowest BCUT2D eigenvalue weighted by atomic mass is 10.2. The van der Waals surface area contributed by atoms with E-state index in [1.807, 2.05) is 36.2 Å². The number of benzene rings is 1. The fourth-order valence-corrected chi connectivity index (χ4v) is 2.31. The quantitative estimate of drug-likeness (QED) is 0.754. The molecule has 20 heavy (non-hydrogen) atoms. The monoisotopic (exact) mass is 307 g/mol. The maximum atomic E-state index is 5.93. The molecule has 102 valence electrons. The number of H-pyrrole nitrogens is 1. The average molecular weight is 308 g/mol. The molecule has 3 rings (SSSR count). The lowest BCUT2D eigenvalue weighted by Gasteiger charge is -2.18. The molecular weight excluding hydrogens is 297 g/mol. The van der Waals surface area contributed by atoms with Gasteiger partial charge in [-0.2, -0.15) is 15.1 Å². The van der Waals surface area contributed by atoms with E-state index in [1.54, 1.807) is 6.20 Å². The van der Waals surface area contributed by atoms with Gasteiger partial charge < -0.3 is 4.90 Å². The van der Waals surface area contributed by atoms with Gasteiger partial charge in [-0.15, -0.1) is 0 Å². The van der Waals surface area contributed by atoms with E-state index in [2.05, 4.69) is 20.2 Å². The van der Waals surface area contributed by atoms with Crippen LogP contribution in [0, 0.1) is 0 Å². The summed E-state index contributed by atoms with van der Waals surface area (Å²) < 4.78 is 0. The van der Waals surface area contributed by atoms with Crippen LogP contribution in [0.15, 0.2) is 30.5 Å². The Labute approximate surface area is 125 Å². The van der Waals surface area contributed by atoms with Crippen molar-refractivity contribution < 1.29 is 0 Å². The molecule has 0 fully saturated rings. The Morgan fingerprint density at radius 1 is 1.15 bits per heavy atom. The van der Waals surface area contributed by atoms with Crippen LogP contribution in [0.2, 0.25) is 10.3 Å². The summed E-state index contributed by atoms with van der Waals surface area (Å²) in [5.41, 5.74) is 1.76. The number of anilines is 1. The van der Waals surface area contributed by atoms with Crippen LogP contribution in [0.4, 0.5) is 5.82 Å². The molecular formula is C13H11Cl2N5. The first-order valence-corrected chi connectivity index (χ1v) is 6.71. The maximum absolute atomic E-state index is 5.93. The zero-order valence-corrected chi connectivity index (χ0v) is 12.2. The molecule has 1 aromatic carbocycles. The highest BCUT2D eigenvalue weighted by atomic mass is 35.5. The minimum atomic E-state index is 0.194. The second-order valence-corrected chi connectivity index (χ2v) is 5.21. The molecule has 5 nitrogen and oxygen atoms in total. The number of halogens is 2. The molecule has 2 heterocycles. The SMILES string of the molecule is CN(Cc1ccc(Cl)cc1)c1nc(Cl)nc2[nH]ncc12. The largest absolute Gasteiger partial charge is 0.355 e. The van der Waals surface area contributed by atoms with E-state index in [4.69, 9.17) is 23.2 Å². The van der Waals surface area contributed by atoms with Gasteiger partial charge in [-0.25, -0.2) is 0 Å². The predicted molar refractivity (Wildman–Crippen MR) is 80.3 cm³/mol. The zero-order valence-electron chi connectivity index (χ0n) is 10.6. The normalized spacial score (nSPS) is 10.9. The van der Waals surface area contributed by atoms with Crippen molar-refractivity contribution >= 4 is 40.1 Å². The van der Waals surface area contributed by atoms with Crippen LogP contribution < -0.4 is 4.90 Å². The summed E-state index contributed by atoms with van der Waals surface area (Å²) in [6.07, 6.45) is 1.69. The van der Waals surface area contributed by atoms with E-state index in [1.165, 1.54) is 0 Å². The molecule has 0 atom stereocenters. The van der Waals surface area contributed by atoms with Crippen LogP contribution in [0.1, 0.15) is 5.56 Å². The summed E-state index contributed by atoms with van der Waals surface area (Å²) in [6, 6.07) is 7.69. The van der Waals surface area contributed by atoms with Gasteiger partial charge in [0.25, 0.3) is 0 Å². The molecule has 2 aromatic heterocycles. The molecule has 0 aliphatic carbocycles. The Balaban J connectivity index is 1.93. The van der Waals surface area contributed by atoms with Gasteiger partial charge in [0, 0.05) is 18.6 Å². The third kappa shape index (κ3) is 2.55. The Morgan fingerprint density at radius 3 is 2.65 bits per heavy atom. The predicted octanol–water partition coefficient (Wildman–Crippen LogP) is 3.30. The van der Waals surface area contributed by atoms with Crippen molar-refractivity contribution in [1.82, 2.24) is 20.2 Å².